The first-order chi connectivity index (χ1) is 12.8. The van der Waals surface area contributed by atoms with E-state index in [1.165, 1.54) is 0 Å². The summed E-state index contributed by atoms with van der Waals surface area (Å²) < 4.78 is 0. The maximum absolute atomic E-state index is 12.5. The van der Waals surface area contributed by atoms with Crippen LogP contribution in [0.1, 0.15) is 12.0 Å². The van der Waals surface area contributed by atoms with Gasteiger partial charge in [0.15, 0.2) is 0 Å². The van der Waals surface area contributed by atoms with Crippen molar-refractivity contribution >= 4 is 34.7 Å². The maximum atomic E-state index is 12.5. The molecule has 2 rings (SSSR count). The van der Waals surface area contributed by atoms with Crippen molar-refractivity contribution in [2.75, 3.05) is 6.54 Å². The first-order valence-electron chi connectivity index (χ1n) is 8.11. The smallest absolute Gasteiger partial charge is 0.326 e. The Kier molecular flexibility index (Phi) is 6.50. The zero-order valence-corrected chi connectivity index (χ0v) is 14.3. The normalized spacial score (nSPS) is 12.9. The molecule has 0 aliphatic heterocycles. The van der Waals surface area contributed by atoms with E-state index in [1.54, 1.807) is 6.20 Å². The van der Waals surface area contributed by atoms with Crippen LogP contribution in [-0.4, -0.2) is 57.6 Å². The SMILES string of the molecule is NCC(=O)N[C@@H](Cc1c[nH]c2ccccc12)C(=O)N[C@@H](CC(=O)O)C(=O)O. The van der Waals surface area contributed by atoms with Crippen LogP contribution >= 0.6 is 0 Å². The molecular formula is C17H20N4O6. The van der Waals surface area contributed by atoms with Gasteiger partial charge < -0.3 is 31.6 Å². The Hall–Kier alpha value is -3.40. The summed E-state index contributed by atoms with van der Waals surface area (Å²) in [5, 5.41) is 23.3. The minimum Gasteiger partial charge on any atom is -0.481 e. The van der Waals surface area contributed by atoms with Gasteiger partial charge in [-0.2, -0.15) is 0 Å². The molecule has 0 fully saturated rings. The van der Waals surface area contributed by atoms with Crippen LogP contribution in [0.2, 0.25) is 0 Å². The lowest BCUT2D eigenvalue weighted by atomic mass is 10.0. The molecule has 2 aromatic rings. The first kappa shape index (κ1) is 19.9. The highest BCUT2D eigenvalue weighted by molar-refractivity contribution is 5.93. The lowest BCUT2D eigenvalue weighted by Crippen LogP contribution is -2.53. The van der Waals surface area contributed by atoms with Gasteiger partial charge in [-0.1, -0.05) is 18.2 Å². The number of fused-ring (bicyclic) bond motifs is 1. The number of rotatable bonds is 9. The molecule has 0 bridgehead atoms. The fraction of sp³-hybridized carbons (Fsp3) is 0.294. The molecule has 1 aromatic carbocycles. The van der Waals surface area contributed by atoms with Crippen LogP contribution in [0.15, 0.2) is 30.5 Å². The van der Waals surface area contributed by atoms with Gasteiger partial charge in [0.05, 0.1) is 13.0 Å². The Morgan fingerprint density at radius 3 is 2.41 bits per heavy atom. The molecule has 7 N–H and O–H groups in total. The second-order valence-corrected chi connectivity index (χ2v) is 5.89. The van der Waals surface area contributed by atoms with E-state index in [0.717, 1.165) is 16.5 Å². The molecule has 0 aliphatic rings. The summed E-state index contributed by atoms with van der Waals surface area (Å²) >= 11 is 0. The van der Waals surface area contributed by atoms with Gasteiger partial charge in [0.2, 0.25) is 11.8 Å². The third-order valence-corrected chi connectivity index (χ3v) is 3.93. The largest absolute Gasteiger partial charge is 0.481 e. The molecule has 2 amide bonds. The van der Waals surface area contributed by atoms with E-state index < -0.39 is 42.3 Å². The highest BCUT2D eigenvalue weighted by atomic mass is 16.4. The number of hydrogen-bond acceptors (Lipinski definition) is 5. The highest BCUT2D eigenvalue weighted by Crippen LogP contribution is 2.19. The fourth-order valence-electron chi connectivity index (χ4n) is 2.63. The number of nitrogens with one attached hydrogen (secondary N) is 3. The number of aliphatic carboxylic acids is 2. The van der Waals surface area contributed by atoms with Gasteiger partial charge >= 0.3 is 11.9 Å². The van der Waals surface area contributed by atoms with E-state index in [4.69, 9.17) is 15.9 Å². The molecule has 0 spiro atoms. The molecule has 0 unspecified atom stereocenters. The third kappa shape index (κ3) is 5.28. The van der Waals surface area contributed by atoms with Gasteiger partial charge in [0, 0.05) is 23.5 Å². The highest BCUT2D eigenvalue weighted by Gasteiger charge is 2.28. The first-order valence-corrected chi connectivity index (χ1v) is 8.11. The summed E-state index contributed by atoms with van der Waals surface area (Å²) in [6.07, 6.45) is 0.970. The van der Waals surface area contributed by atoms with E-state index in [1.807, 2.05) is 24.3 Å². The van der Waals surface area contributed by atoms with Gasteiger partial charge in [-0.3, -0.25) is 14.4 Å². The van der Waals surface area contributed by atoms with Gasteiger partial charge in [0.25, 0.3) is 0 Å². The number of amides is 2. The van der Waals surface area contributed by atoms with Crippen molar-refractivity contribution in [3.05, 3.63) is 36.0 Å². The van der Waals surface area contributed by atoms with Crippen LogP contribution in [0.25, 0.3) is 10.9 Å². The van der Waals surface area contributed by atoms with Crippen LogP contribution in [-0.2, 0) is 25.6 Å². The summed E-state index contributed by atoms with van der Waals surface area (Å²) in [5.41, 5.74) is 6.85. The van der Waals surface area contributed by atoms with Gasteiger partial charge in [-0.15, -0.1) is 0 Å². The summed E-state index contributed by atoms with van der Waals surface area (Å²) in [5.74, 6) is -4.26. The van der Waals surface area contributed by atoms with E-state index in [9.17, 15) is 19.2 Å². The number of nitrogens with two attached hydrogens (primary N) is 1. The predicted molar refractivity (Wildman–Crippen MR) is 94.8 cm³/mol. The number of aromatic amines is 1. The Labute approximate surface area is 153 Å². The number of carbonyl (C=O) groups excluding carboxylic acids is 2. The van der Waals surface area contributed by atoms with Crippen LogP contribution in [0, 0.1) is 0 Å². The van der Waals surface area contributed by atoms with Crippen molar-refractivity contribution in [2.45, 2.75) is 24.9 Å². The van der Waals surface area contributed by atoms with Crippen LogP contribution in [0.3, 0.4) is 0 Å². The molecule has 2 atom stereocenters. The number of carboxylic acid groups (broad SMARTS) is 2. The molecule has 0 saturated carbocycles. The molecule has 1 heterocycles. The average molecular weight is 376 g/mol. The minimum absolute atomic E-state index is 0.0704. The molecule has 27 heavy (non-hydrogen) atoms. The number of H-pyrrole nitrogens is 1. The van der Waals surface area contributed by atoms with Crippen molar-refractivity contribution in [2.24, 2.45) is 5.73 Å². The van der Waals surface area contributed by atoms with Crippen LogP contribution in [0.4, 0.5) is 0 Å². The van der Waals surface area contributed by atoms with Crippen molar-refractivity contribution in [3.8, 4) is 0 Å². The molecule has 1 aromatic heterocycles. The van der Waals surface area contributed by atoms with E-state index in [0.29, 0.717) is 0 Å². The fourth-order valence-corrected chi connectivity index (χ4v) is 2.63. The number of carboxylic acids is 2. The van der Waals surface area contributed by atoms with Crippen molar-refractivity contribution < 1.29 is 29.4 Å². The lowest BCUT2D eigenvalue weighted by Gasteiger charge is -2.20. The average Bonchev–Trinajstić information content (AvgIpc) is 3.03. The summed E-state index contributed by atoms with van der Waals surface area (Å²) in [7, 11) is 0. The Morgan fingerprint density at radius 2 is 1.78 bits per heavy atom. The Balaban J connectivity index is 2.22. The number of carbonyl (C=O) groups is 4. The Morgan fingerprint density at radius 1 is 1.07 bits per heavy atom. The second kappa shape index (κ2) is 8.81. The number of benzene rings is 1. The Bertz CT molecular complexity index is 862. The monoisotopic (exact) mass is 376 g/mol. The van der Waals surface area contributed by atoms with Crippen molar-refractivity contribution in [1.29, 1.82) is 0 Å². The molecule has 10 heteroatoms. The van der Waals surface area contributed by atoms with E-state index in [2.05, 4.69) is 15.6 Å². The predicted octanol–water partition coefficient (Wildman–Crippen LogP) is -0.802. The quantitative estimate of drug-likeness (QED) is 0.332. The summed E-state index contributed by atoms with van der Waals surface area (Å²) in [6, 6.07) is 4.61. The zero-order chi connectivity index (χ0) is 20.0. The maximum Gasteiger partial charge on any atom is 0.326 e. The zero-order valence-electron chi connectivity index (χ0n) is 14.3. The number of para-hydroxylation sites is 1. The van der Waals surface area contributed by atoms with E-state index >= 15 is 0 Å². The lowest BCUT2D eigenvalue weighted by molar-refractivity contribution is -0.147. The standard InChI is InChI=1S/C17H20N4O6/c18-7-14(22)20-12(16(25)21-13(17(26)27)6-15(23)24)5-9-8-19-11-4-2-1-3-10(9)11/h1-4,8,12-13,19H,5-7,18H2,(H,20,22)(H,21,25)(H,23,24)(H,26,27)/t12-,13-/m0/s1. The van der Waals surface area contributed by atoms with Crippen molar-refractivity contribution in [3.63, 3.8) is 0 Å². The molecule has 0 radical (unpaired) electrons. The van der Waals surface area contributed by atoms with Gasteiger partial charge in [-0.25, -0.2) is 4.79 Å². The molecular weight excluding hydrogens is 356 g/mol. The summed E-state index contributed by atoms with van der Waals surface area (Å²) in [4.78, 5) is 49.2. The van der Waals surface area contributed by atoms with Crippen molar-refractivity contribution in [1.82, 2.24) is 15.6 Å². The number of hydrogen-bond donors (Lipinski definition) is 6. The van der Waals surface area contributed by atoms with Gasteiger partial charge in [0.1, 0.15) is 12.1 Å². The third-order valence-electron chi connectivity index (χ3n) is 3.93. The second-order valence-electron chi connectivity index (χ2n) is 5.89. The minimum atomic E-state index is -1.62. The molecule has 144 valence electrons. The topological polar surface area (TPSA) is 175 Å². The van der Waals surface area contributed by atoms with E-state index in [-0.39, 0.29) is 13.0 Å². The summed E-state index contributed by atoms with van der Waals surface area (Å²) in [6.45, 7) is -0.352. The molecule has 0 saturated heterocycles. The van der Waals surface area contributed by atoms with Crippen LogP contribution < -0.4 is 16.4 Å². The van der Waals surface area contributed by atoms with Gasteiger partial charge in [-0.05, 0) is 11.6 Å². The molecule has 10 nitrogen and oxygen atoms in total. The number of aromatic nitrogens is 1. The van der Waals surface area contributed by atoms with Crippen LogP contribution in [0.5, 0.6) is 0 Å². The molecule has 0 aliphatic carbocycles.